The molecule has 1 aromatic heterocycles. The van der Waals surface area contributed by atoms with Crippen LogP contribution in [0.4, 0.5) is 0 Å². The Labute approximate surface area is 173 Å². The summed E-state index contributed by atoms with van der Waals surface area (Å²) in [7, 11) is 5.16. The number of aliphatic imine (C=N–C) groups is 1. The number of carbonyl (C=O) groups is 1. The van der Waals surface area contributed by atoms with Crippen molar-refractivity contribution in [1.82, 2.24) is 20.4 Å². The van der Waals surface area contributed by atoms with Gasteiger partial charge in [-0.15, -0.1) is 11.3 Å². The summed E-state index contributed by atoms with van der Waals surface area (Å²) in [6.45, 7) is 6.68. The zero-order valence-corrected chi connectivity index (χ0v) is 18.4. The molecule has 1 saturated heterocycles. The minimum Gasteiger partial charge on any atom is -0.383 e. The fraction of sp³-hybridized carbons (Fsp3) is 0.700. The van der Waals surface area contributed by atoms with Gasteiger partial charge in [-0.25, -0.2) is 4.99 Å². The number of thiophene rings is 1. The Balaban J connectivity index is 2.02. The lowest BCUT2D eigenvalue weighted by molar-refractivity contribution is -0.127. The van der Waals surface area contributed by atoms with Crippen LogP contribution in [0, 0.1) is 5.92 Å². The van der Waals surface area contributed by atoms with Gasteiger partial charge in [-0.2, -0.15) is 0 Å². The Hall–Kier alpha value is -1.64. The number of guanidine groups is 1. The molecule has 0 bridgehead atoms. The van der Waals surface area contributed by atoms with Gasteiger partial charge in [-0.3, -0.25) is 9.69 Å². The molecule has 1 aliphatic rings. The van der Waals surface area contributed by atoms with Crippen LogP contribution in [0.5, 0.6) is 0 Å². The fourth-order valence-electron chi connectivity index (χ4n) is 3.16. The predicted molar refractivity (Wildman–Crippen MR) is 116 cm³/mol. The zero-order chi connectivity index (χ0) is 20.4. The number of methoxy groups -OCH3 is 1. The first-order valence-corrected chi connectivity index (χ1v) is 10.9. The van der Waals surface area contributed by atoms with E-state index in [1.165, 1.54) is 17.7 Å². The van der Waals surface area contributed by atoms with Crippen molar-refractivity contribution in [3.05, 3.63) is 22.4 Å². The van der Waals surface area contributed by atoms with Crippen molar-refractivity contribution < 1.29 is 9.53 Å². The van der Waals surface area contributed by atoms with E-state index in [4.69, 9.17) is 4.74 Å². The molecule has 2 heterocycles. The highest BCUT2D eigenvalue weighted by Gasteiger charge is 2.25. The van der Waals surface area contributed by atoms with Crippen LogP contribution < -0.4 is 10.6 Å². The Kier molecular flexibility index (Phi) is 9.73. The first-order valence-electron chi connectivity index (χ1n) is 10.00. The molecule has 158 valence electrons. The molecule has 1 atom stereocenters. The molecule has 28 heavy (non-hydrogen) atoms. The molecule has 0 spiro atoms. The molecule has 1 aliphatic heterocycles. The monoisotopic (exact) mass is 409 g/mol. The van der Waals surface area contributed by atoms with E-state index in [0.29, 0.717) is 25.2 Å². The summed E-state index contributed by atoms with van der Waals surface area (Å²) in [6.07, 6.45) is 2.48. The van der Waals surface area contributed by atoms with Gasteiger partial charge in [-0.05, 0) is 43.3 Å². The zero-order valence-electron chi connectivity index (χ0n) is 17.6. The molecule has 1 fully saturated rings. The van der Waals surface area contributed by atoms with Crippen LogP contribution in [-0.2, 0) is 9.53 Å². The van der Waals surface area contributed by atoms with E-state index in [1.54, 1.807) is 37.4 Å². The highest BCUT2D eigenvalue weighted by molar-refractivity contribution is 7.10. The Morgan fingerprint density at radius 1 is 1.39 bits per heavy atom. The number of likely N-dealkylation sites (N-methyl/N-ethyl adjacent to an activating group) is 1. The smallest absolute Gasteiger partial charge is 0.243 e. The van der Waals surface area contributed by atoms with E-state index in [0.717, 1.165) is 25.6 Å². The van der Waals surface area contributed by atoms with Gasteiger partial charge in [-0.1, -0.05) is 13.0 Å². The molecule has 1 amide bonds. The van der Waals surface area contributed by atoms with Crippen molar-refractivity contribution in [3.63, 3.8) is 0 Å². The number of piperidine rings is 1. The Bertz CT molecular complexity index is 598. The number of nitrogens with zero attached hydrogens (tertiary/aromatic N) is 3. The molecule has 0 aromatic carbocycles. The number of amides is 1. The van der Waals surface area contributed by atoms with Gasteiger partial charge in [0.2, 0.25) is 5.91 Å². The van der Waals surface area contributed by atoms with Crippen molar-refractivity contribution in [1.29, 1.82) is 0 Å². The van der Waals surface area contributed by atoms with Crippen LogP contribution in [0.2, 0.25) is 0 Å². The van der Waals surface area contributed by atoms with Gasteiger partial charge >= 0.3 is 0 Å². The average molecular weight is 410 g/mol. The molecular weight excluding hydrogens is 374 g/mol. The van der Waals surface area contributed by atoms with E-state index in [-0.39, 0.29) is 12.5 Å². The van der Waals surface area contributed by atoms with E-state index >= 15 is 0 Å². The maximum atomic E-state index is 11.9. The second kappa shape index (κ2) is 12.0. The van der Waals surface area contributed by atoms with Gasteiger partial charge in [0.15, 0.2) is 5.96 Å². The Morgan fingerprint density at radius 3 is 2.75 bits per heavy atom. The summed E-state index contributed by atoms with van der Waals surface area (Å²) in [5, 5.41) is 8.84. The lowest BCUT2D eigenvalue weighted by Gasteiger charge is -2.36. The van der Waals surface area contributed by atoms with E-state index in [1.807, 2.05) is 0 Å². The summed E-state index contributed by atoms with van der Waals surface area (Å²) < 4.78 is 5.12. The second-order valence-corrected chi connectivity index (χ2v) is 8.48. The van der Waals surface area contributed by atoms with Crippen molar-refractivity contribution >= 4 is 23.2 Å². The summed E-state index contributed by atoms with van der Waals surface area (Å²) >= 11 is 1.80. The maximum absolute atomic E-state index is 11.9. The molecule has 0 aliphatic carbocycles. The first kappa shape index (κ1) is 22.6. The van der Waals surface area contributed by atoms with Gasteiger partial charge in [0.25, 0.3) is 0 Å². The van der Waals surface area contributed by atoms with Gasteiger partial charge < -0.3 is 20.3 Å². The largest absolute Gasteiger partial charge is 0.383 e. The highest BCUT2D eigenvalue weighted by Crippen LogP contribution is 2.28. The molecule has 0 saturated carbocycles. The van der Waals surface area contributed by atoms with Crippen LogP contribution in [0.15, 0.2) is 22.5 Å². The topological polar surface area (TPSA) is 69.2 Å². The van der Waals surface area contributed by atoms with E-state index < -0.39 is 0 Å². The summed E-state index contributed by atoms with van der Waals surface area (Å²) in [5.74, 6) is 1.44. The van der Waals surface area contributed by atoms with Gasteiger partial charge in [0, 0.05) is 39.2 Å². The molecule has 7 nitrogen and oxygen atoms in total. The molecule has 8 heteroatoms. The lowest BCUT2D eigenvalue weighted by Crippen LogP contribution is -2.46. The van der Waals surface area contributed by atoms with Crippen LogP contribution in [0.25, 0.3) is 0 Å². The lowest BCUT2D eigenvalue weighted by atomic mass is 9.97. The van der Waals surface area contributed by atoms with Crippen LogP contribution >= 0.6 is 11.3 Å². The quantitative estimate of drug-likeness (QED) is 0.370. The summed E-state index contributed by atoms with van der Waals surface area (Å²) in [5.41, 5.74) is 0. The normalized spacial score (nSPS) is 17.4. The predicted octanol–water partition coefficient (Wildman–Crippen LogP) is 1.79. The fourth-order valence-corrected chi connectivity index (χ4v) is 4.02. The number of hydrogen-bond acceptors (Lipinski definition) is 5. The molecule has 1 aromatic rings. The van der Waals surface area contributed by atoms with Crippen molar-refractivity contribution in [2.45, 2.75) is 25.8 Å². The second-order valence-electron chi connectivity index (χ2n) is 7.50. The molecule has 2 rings (SSSR count). The van der Waals surface area contributed by atoms with Crippen molar-refractivity contribution in [3.8, 4) is 0 Å². The third-order valence-electron chi connectivity index (χ3n) is 5.06. The Morgan fingerprint density at radius 2 is 2.14 bits per heavy atom. The standard InChI is InChI=1S/C20H35N5O2S/c1-16-7-10-25(11-8-16)17(18-6-5-13-28-18)14-22-20(21-9-12-27-4)23-15-19(26)24(2)3/h5-6,13,16-17H,7-12,14-15H2,1-4H3,(H2,21,22,23). The molecule has 2 N–H and O–H groups in total. The average Bonchev–Trinajstić information content (AvgIpc) is 3.21. The molecule has 1 unspecified atom stereocenters. The SMILES string of the molecule is COCCNC(=NCC(=O)N(C)C)NCC(c1cccs1)N1CCC(C)CC1. The van der Waals surface area contributed by atoms with Crippen LogP contribution in [0.3, 0.4) is 0 Å². The minimum atomic E-state index is -0.0207. The maximum Gasteiger partial charge on any atom is 0.243 e. The van der Waals surface area contributed by atoms with Crippen molar-refractivity contribution in [2.24, 2.45) is 10.9 Å². The number of nitrogens with one attached hydrogen (secondary N) is 2. The van der Waals surface area contributed by atoms with Gasteiger partial charge in [0.05, 0.1) is 12.6 Å². The summed E-state index contributed by atoms with van der Waals surface area (Å²) in [6, 6.07) is 4.63. The molecule has 0 radical (unpaired) electrons. The highest BCUT2D eigenvalue weighted by atomic mass is 32.1. The van der Waals surface area contributed by atoms with Gasteiger partial charge in [0.1, 0.15) is 6.54 Å². The third-order valence-corrected chi connectivity index (χ3v) is 6.04. The first-order chi connectivity index (χ1) is 13.5. The molecular formula is C20H35N5O2S. The van der Waals surface area contributed by atoms with Crippen LogP contribution in [-0.4, -0.2) is 82.2 Å². The minimum absolute atomic E-state index is 0.0207. The summed E-state index contributed by atoms with van der Waals surface area (Å²) in [4.78, 5) is 21.9. The van der Waals surface area contributed by atoms with Crippen molar-refractivity contribution in [2.75, 3.05) is 60.5 Å². The van der Waals surface area contributed by atoms with E-state index in [2.05, 4.69) is 45.0 Å². The number of rotatable bonds is 9. The van der Waals surface area contributed by atoms with Crippen LogP contribution in [0.1, 0.15) is 30.7 Å². The number of likely N-dealkylation sites (tertiary alicyclic amines) is 1. The van der Waals surface area contributed by atoms with E-state index in [9.17, 15) is 4.79 Å². The third kappa shape index (κ3) is 7.41. The number of ether oxygens (including phenoxy) is 1. The number of carbonyl (C=O) groups excluding carboxylic acids is 1. The number of hydrogen-bond donors (Lipinski definition) is 2.